The molecular formula is C22H23N5. The average molecular weight is 357 g/mol. The van der Waals surface area contributed by atoms with Gasteiger partial charge in [0.15, 0.2) is 0 Å². The van der Waals surface area contributed by atoms with Crippen molar-refractivity contribution < 1.29 is 0 Å². The van der Waals surface area contributed by atoms with E-state index in [1.54, 1.807) is 6.20 Å². The van der Waals surface area contributed by atoms with Gasteiger partial charge in [-0.2, -0.15) is 10.2 Å². The molecule has 0 saturated carbocycles. The first-order valence-corrected chi connectivity index (χ1v) is 9.14. The highest BCUT2D eigenvalue weighted by Gasteiger charge is 2.14. The molecular weight excluding hydrogens is 334 g/mol. The van der Waals surface area contributed by atoms with Crippen molar-refractivity contribution in [1.29, 1.82) is 0 Å². The molecule has 4 aromatic rings. The predicted octanol–water partition coefficient (Wildman–Crippen LogP) is 4.22. The lowest BCUT2D eigenvalue weighted by molar-refractivity contribution is 0.571. The summed E-state index contributed by atoms with van der Waals surface area (Å²) in [5.41, 5.74) is 5.77. The number of hydrogen-bond donors (Lipinski definition) is 1. The van der Waals surface area contributed by atoms with Crippen molar-refractivity contribution in [2.45, 2.75) is 26.4 Å². The van der Waals surface area contributed by atoms with E-state index in [9.17, 15) is 0 Å². The number of benzene rings is 2. The summed E-state index contributed by atoms with van der Waals surface area (Å²) < 4.78 is 3.85. The fourth-order valence-electron chi connectivity index (χ4n) is 3.25. The molecule has 5 heteroatoms. The molecule has 2 aromatic carbocycles. The van der Waals surface area contributed by atoms with E-state index in [1.165, 1.54) is 11.1 Å². The Hall–Kier alpha value is -3.18. The highest BCUT2D eigenvalue weighted by atomic mass is 15.3. The first-order chi connectivity index (χ1) is 13.2. The van der Waals surface area contributed by atoms with Crippen molar-refractivity contribution in [2.24, 2.45) is 0 Å². The number of aromatic nitrogens is 4. The molecule has 1 atom stereocenters. The summed E-state index contributed by atoms with van der Waals surface area (Å²) in [5, 5.41) is 12.4. The van der Waals surface area contributed by atoms with Crippen molar-refractivity contribution in [3.8, 4) is 11.4 Å². The Morgan fingerprint density at radius 2 is 1.70 bits per heavy atom. The van der Waals surface area contributed by atoms with Gasteiger partial charge in [0.2, 0.25) is 0 Å². The van der Waals surface area contributed by atoms with E-state index in [-0.39, 0.29) is 6.04 Å². The summed E-state index contributed by atoms with van der Waals surface area (Å²) in [7, 11) is 0. The summed E-state index contributed by atoms with van der Waals surface area (Å²) in [5.74, 6) is 0. The second-order valence-corrected chi connectivity index (χ2v) is 6.65. The molecule has 0 aliphatic heterocycles. The van der Waals surface area contributed by atoms with E-state index >= 15 is 0 Å². The van der Waals surface area contributed by atoms with Crippen LogP contribution in [0.3, 0.4) is 0 Å². The minimum absolute atomic E-state index is 0.216. The van der Waals surface area contributed by atoms with Gasteiger partial charge in [-0.1, -0.05) is 30.3 Å². The van der Waals surface area contributed by atoms with Crippen LogP contribution in [0.5, 0.6) is 0 Å². The van der Waals surface area contributed by atoms with Crippen LogP contribution in [0.1, 0.15) is 29.8 Å². The molecule has 0 spiro atoms. The Morgan fingerprint density at radius 3 is 2.41 bits per heavy atom. The normalized spacial score (nSPS) is 12.2. The van der Waals surface area contributed by atoms with Crippen LogP contribution in [0, 0.1) is 6.92 Å². The Balaban J connectivity index is 1.42. The molecule has 0 aliphatic carbocycles. The number of para-hydroxylation sites is 1. The molecule has 0 amide bonds. The van der Waals surface area contributed by atoms with Gasteiger partial charge >= 0.3 is 0 Å². The average Bonchev–Trinajstić information content (AvgIpc) is 3.37. The van der Waals surface area contributed by atoms with Crippen molar-refractivity contribution in [3.05, 3.63) is 96.1 Å². The lowest BCUT2D eigenvalue weighted by atomic mass is 10.1. The molecule has 1 unspecified atom stereocenters. The molecule has 0 radical (unpaired) electrons. The first kappa shape index (κ1) is 17.2. The van der Waals surface area contributed by atoms with Crippen LogP contribution in [-0.2, 0) is 6.54 Å². The molecule has 0 aliphatic rings. The van der Waals surface area contributed by atoms with Gasteiger partial charge in [-0.3, -0.25) is 0 Å². The summed E-state index contributed by atoms with van der Waals surface area (Å²) in [6, 6.07) is 20.8. The molecule has 0 bridgehead atoms. The van der Waals surface area contributed by atoms with Gasteiger partial charge in [0.05, 0.1) is 17.6 Å². The molecule has 27 heavy (non-hydrogen) atoms. The molecule has 2 aromatic heterocycles. The van der Waals surface area contributed by atoms with E-state index in [2.05, 4.69) is 65.8 Å². The van der Waals surface area contributed by atoms with Gasteiger partial charge in [-0.05, 0) is 49.7 Å². The molecule has 0 saturated heterocycles. The zero-order valence-corrected chi connectivity index (χ0v) is 15.6. The van der Waals surface area contributed by atoms with Gasteiger partial charge in [-0.25, -0.2) is 9.36 Å². The van der Waals surface area contributed by atoms with Gasteiger partial charge in [-0.15, -0.1) is 0 Å². The van der Waals surface area contributed by atoms with E-state index in [4.69, 9.17) is 0 Å². The fraction of sp³-hybridized carbons (Fsp3) is 0.182. The van der Waals surface area contributed by atoms with Crippen molar-refractivity contribution in [3.63, 3.8) is 0 Å². The van der Waals surface area contributed by atoms with Crippen LogP contribution in [-0.4, -0.2) is 19.6 Å². The van der Waals surface area contributed by atoms with Crippen molar-refractivity contribution >= 4 is 0 Å². The quantitative estimate of drug-likeness (QED) is 0.562. The van der Waals surface area contributed by atoms with Crippen LogP contribution in [0.15, 0.2) is 79.3 Å². The second-order valence-electron chi connectivity index (χ2n) is 6.65. The zero-order valence-electron chi connectivity index (χ0n) is 15.6. The van der Waals surface area contributed by atoms with Crippen LogP contribution in [0.2, 0.25) is 0 Å². The maximum Gasteiger partial charge on any atom is 0.0648 e. The van der Waals surface area contributed by atoms with Crippen LogP contribution >= 0.6 is 0 Å². The van der Waals surface area contributed by atoms with Crippen LogP contribution < -0.4 is 5.32 Å². The summed E-state index contributed by atoms with van der Waals surface area (Å²) >= 11 is 0. The Labute approximate surface area is 159 Å². The number of hydrogen-bond acceptors (Lipinski definition) is 3. The Bertz CT molecular complexity index is 985. The first-order valence-electron chi connectivity index (χ1n) is 9.14. The number of nitrogens with zero attached hydrogens (tertiary/aromatic N) is 4. The molecule has 2 heterocycles. The third-order valence-electron chi connectivity index (χ3n) is 4.83. The fourth-order valence-corrected chi connectivity index (χ4v) is 3.25. The Kier molecular flexibility index (Phi) is 4.85. The molecule has 0 fully saturated rings. The number of rotatable bonds is 6. The SMILES string of the molecule is Cc1c(C(C)NCc2ccc(-n3cccn3)cc2)cnn1-c1ccccc1. The third-order valence-corrected chi connectivity index (χ3v) is 4.83. The van der Waals surface area contributed by atoms with Crippen LogP contribution in [0.25, 0.3) is 11.4 Å². The topological polar surface area (TPSA) is 47.7 Å². The number of nitrogens with one attached hydrogen (secondary N) is 1. The molecule has 1 N–H and O–H groups in total. The summed E-state index contributed by atoms with van der Waals surface area (Å²) in [6.45, 7) is 5.10. The van der Waals surface area contributed by atoms with Crippen molar-refractivity contribution in [2.75, 3.05) is 0 Å². The third kappa shape index (κ3) is 3.68. The maximum absolute atomic E-state index is 4.57. The van der Waals surface area contributed by atoms with Gasteiger partial charge in [0, 0.05) is 36.2 Å². The maximum atomic E-state index is 4.57. The molecule has 136 valence electrons. The lowest BCUT2D eigenvalue weighted by Crippen LogP contribution is -2.18. The second kappa shape index (κ2) is 7.60. The molecule has 5 nitrogen and oxygen atoms in total. The minimum atomic E-state index is 0.216. The van der Waals surface area contributed by atoms with E-state index in [0.717, 1.165) is 23.6 Å². The Morgan fingerprint density at radius 1 is 0.926 bits per heavy atom. The molecule has 4 rings (SSSR count). The van der Waals surface area contributed by atoms with Gasteiger partial charge in [0.25, 0.3) is 0 Å². The summed E-state index contributed by atoms with van der Waals surface area (Å²) in [4.78, 5) is 0. The highest BCUT2D eigenvalue weighted by molar-refractivity contribution is 5.36. The van der Waals surface area contributed by atoms with E-state index in [0.29, 0.717) is 0 Å². The van der Waals surface area contributed by atoms with E-state index in [1.807, 2.05) is 46.0 Å². The smallest absolute Gasteiger partial charge is 0.0648 e. The van der Waals surface area contributed by atoms with E-state index < -0.39 is 0 Å². The van der Waals surface area contributed by atoms with Crippen LogP contribution in [0.4, 0.5) is 0 Å². The van der Waals surface area contributed by atoms with Crippen molar-refractivity contribution in [1.82, 2.24) is 24.9 Å². The highest BCUT2D eigenvalue weighted by Crippen LogP contribution is 2.20. The predicted molar refractivity (Wildman–Crippen MR) is 107 cm³/mol. The standard InChI is InChI=1S/C22H23N5/c1-17(22-16-25-27(18(22)2)21-7-4-3-5-8-21)23-15-19-9-11-20(12-10-19)26-14-6-13-24-26/h3-14,16-17,23H,15H2,1-2H3. The van der Waals surface area contributed by atoms with Gasteiger partial charge in [0.1, 0.15) is 0 Å². The van der Waals surface area contributed by atoms with Gasteiger partial charge < -0.3 is 5.32 Å². The monoisotopic (exact) mass is 357 g/mol. The minimum Gasteiger partial charge on any atom is -0.306 e. The largest absolute Gasteiger partial charge is 0.306 e. The lowest BCUT2D eigenvalue weighted by Gasteiger charge is -2.14. The summed E-state index contributed by atoms with van der Waals surface area (Å²) in [6.07, 6.45) is 5.69. The zero-order chi connectivity index (χ0) is 18.6.